The molecule has 0 radical (unpaired) electrons. The first kappa shape index (κ1) is 29.6. The normalized spacial score (nSPS) is 11.4. The highest BCUT2D eigenvalue weighted by Crippen LogP contribution is 2.44. The molecule has 0 aliphatic carbocycles. The minimum atomic E-state index is 1.09. The molecular formula is C50H34. The molecule has 0 saturated heterocycles. The maximum Gasteiger partial charge on any atom is -0.00266 e. The zero-order valence-electron chi connectivity index (χ0n) is 27.7. The third kappa shape index (κ3) is 4.85. The second-order valence-corrected chi connectivity index (χ2v) is 12.9. The summed E-state index contributed by atoms with van der Waals surface area (Å²) in [5, 5.41) is 9.98. The minimum Gasteiger partial charge on any atom is -0.0984 e. The quantitative estimate of drug-likeness (QED) is 0.160. The van der Waals surface area contributed by atoms with Crippen LogP contribution in [0, 0.1) is 0 Å². The molecule has 9 rings (SSSR count). The van der Waals surface area contributed by atoms with Crippen molar-refractivity contribution in [3.05, 3.63) is 194 Å². The second-order valence-electron chi connectivity index (χ2n) is 12.9. The zero-order chi connectivity index (χ0) is 33.6. The first-order valence-corrected chi connectivity index (χ1v) is 17.2. The number of rotatable bonds is 6. The van der Waals surface area contributed by atoms with Gasteiger partial charge in [-0.25, -0.2) is 0 Å². The highest BCUT2D eigenvalue weighted by Gasteiger charge is 2.19. The van der Waals surface area contributed by atoms with E-state index in [-0.39, 0.29) is 0 Å². The van der Waals surface area contributed by atoms with Gasteiger partial charge in [0.1, 0.15) is 0 Å². The van der Waals surface area contributed by atoms with E-state index >= 15 is 0 Å². The molecule has 0 amide bonds. The van der Waals surface area contributed by atoms with Crippen LogP contribution in [-0.4, -0.2) is 0 Å². The fourth-order valence-electron chi connectivity index (χ4n) is 7.83. The van der Waals surface area contributed by atoms with Gasteiger partial charge in [-0.3, -0.25) is 0 Å². The van der Waals surface area contributed by atoms with Crippen molar-refractivity contribution >= 4 is 55.2 Å². The minimum absolute atomic E-state index is 1.09. The van der Waals surface area contributed by atoms with E-state index in [9.17, 15) is 0 Å². The number of fused-ring (bicyclic) bond motifs is 5. The molecule has 50 heavy (non-hydrogen) atoms. The van der Waals surface area contributed by atoms with Gasteiger partial charge in [-0.1, -0.05) is 183 Å². The van der Waals surface area contributed by atoms with Gasteiger partial charge in [0.2, 0.25) is 0 Å². The Hall–Kier alpha value is -6.50. The number of benzene rings is 9. The van der Waals surface area contributed by atoms with Crippen molar-refractivity contribution in [2.24, 2.45) is 0 Å². The summed E-state index contributed by atoms with van der Waals surface area (Å²) < 4.78 is 0. The van der Waals surface area contributed by atoms with Gasteiger partial charge in [0.05, 0.1) is 0 Å². The molecule has 0 atom stereocenters. The lowest BCUT2D eigenvalue weighted by Crippen LogP contribution is -1.96. The predicted octanol–water partition coefficient (Wildman–Crippen LogP) is 14.3. The molecule has 0 spiro atoms. The van der Waals surface area contributed by atoms with E-state index in [0.29, 0.717) is 0 Å². The van der Waals surface area contributed by atoms with Crippen molar-refractivity contribution in [1.82, 2.24) is 0 Å². The monoisotopic (exact) mass is 634 g/mol. The summed E-state index contributed by atoms with van der Waals surface area (Å²) in [5.74, 6) is 0. The van der Waals surface area contributed by atoms with Gasteiger partial charge in [-0.15, -0.1) is 0 Å². The molecule has 0 aliphatic rings. The Balaban J connectivity index is 1.17. The van der Waals surface area contributed by atoms with Gasteiger partial charge in [0.15, 0.2) is 0 Å². The summed E-state index contributed by atoms with van der Waals surface area (Å²) in [5.41, 5.74) is 11.7. The molecule has 234 valence electrons. The summed E-state index contributed by atoms with van der Waals surface area (Å²) in [6.45, 7) is 8.65. The molecule has 0 unspecified atom stereocenters. The van der Waals surface area contributed by atoms with Crippen LogP contribution in [0.25, 0.3) is 99.7 Å². The first-order chi connectivity index (χ1) is 24.7. The molecule has 0 saturated carbocycles. The van der Waals surface area contributed by atoms with E-state index in [0.717, 1.165) is 22.3 Å². The SMILES string of the molecule is C=Cc1c(C=C)c(-c2ccc(-c3cc4ccccc4c4ccccc34)cc2)c2ccccc2c1-c1ccc(-c2ccc3ccccc3c2)cc1. The molecule has 0 nitrogen and oxygen atoms in total. The van der Waals surface area contributed by atoms with Crippen molar-refractivity contribution in [2.75, 3.05) is 0 Å². The zero-order valence-corrected chi connectivity index (χ0v) is 27.7. The Labute approximate surface area is 292 Å². The summed E-state index contributed by atoms with van der Waals surface area (Å²) in [7, 11) is 0. The highest BCUT2D eigenvalue weighted by molar-refractivity contribution is 6.14. The van der Waals surface area contributed by atoms with Crippen LogP contribution in [0.5, 0.6) is 0 Å². The van der Waals surface area contributed by atoms with Crippen molar-refractivity contribution in [3.8, 4) is 44.5 Å². The van der Waals surface area contributed by atoms with E-state index in [1.54, 1.807) is 0 Å². The maximum atomic E-state index is 4.33. The number of hydrogen-bond donors (Lipinski definition) is 0. The molecule has 0 aromatic heterocycles. The van der Waals surface area contributed by atoms with Crippen LogP contribution >= 0.6 is 0 Å². The standard InChI is InChI=1S/C50H34/c1-3-41-42(4-2)50(37-28-24-35(25-29-37)48-32-40-15-7-8-16-43(40)44-17-9-10-18-45(44)48)47-20-12-11-19-46(47)49(41)36-26-21-34(22-27-36)39-30-23-33-13-5-6-14-38(33)31-39/h3-32H,1-2H2. The molecule has 0 fully saturated rings. The van der Waals surface area contributed by atoms with Gasteiger partial charge < -0.3 is 0 Å². The lowest BCUT2D eigenvalue weighted by molar-refractivity contribution is 1.57. The van der Waals surface area contributed by atoms with Crippen LogP contribution in [-0.2, 0) is 0 Å². The van der Waals surface area contributed by atoms with Crippen LogP contribution < -0.4 is 0 Å². The Morgan fingerprint density at radius 2 is 0.740 bits per heavy atom. The molecule has 0 bridgehead atoms. The Kier molecular flexibility index (Phi) is 7.22. The second kappa shape index (κ2) is 12.2. The fourth-order valence-corrected chi connectivity index (χ4v) is 7.83. The predicted molar refractivity (Wildman–Crippen MR) is 218 cm³/mol. The van der Waals surface area contributed by atoms with Gasteiger partial charge in [0.25, 0.3) is 0 Å². The molecular weight excluding hydrogens is 601 g/mol. The smallest absolute Gasteiger partial charge is 0.00266 e. The van der Waals surface area contributed by atoms with E-state index in [1.165, 1.54) is 76.5 Å². The summed E-state index contributed by atoms with van der Waals surface area (Å²) in [6.07, 6.45) is 3.99. The molecule has 9 aromatic rings. The van der Waals surface area contributed by atoms with E-state index < -0.39 is 0 Å². The topological polar surface area (TPSA) is 0 Å². The van der Waals surface area contributed by atoms with Crippen molar-refractivity contribution < 1.29 is 0 Å². The average molecular weight is 635 g/mol. The van der Waals surface area contributed by atoms with Crippen LogP contribution in [0.3, 0.4) is 0 Å². The highest BCUT2D eigenvalue weighted by atomic mass is 14.2. The Morgan fingerprint density at radius 1 is 0.300 bits per heavy atom. The molecule has 0 N–H and O–H groups in total. The molecule has 0 aliphatic heterocycles. The third-order valence-corrected chi connectivity index (χ3v) is 10.2. The Bertz CT molecular complexity index is 2760. The van der Waals surface area contributed by atoms with E-state index in [2.05, 4.69) is 183 Å². The lowest BCUT2D eigenvalue weighted by atomic mass is 9.83. The van der Waals surface area contributed by atoms with Crippen LogP contribution in [0.15, 0.2) is 183 Å². The van der Waals surface area contributed by atoms with Crippen LogP contribution in [0.1, 0.15) is 11.1 Å². The summed E-state index contributed by atoms with van der Waals surface area (Å²) >= 11 is 0. The lowest BCUT2D eigenvalue weighted by Gasteiger charge is -2.20. The molecule has 9 aromatic carbocycles. The van der Waals surface area contributed by atoms with Crippen LogP contribution in [0.4, 0.5) is 0 Å². The van der Waals surface area contributed by atoms with Crippen molar-refractivity contribution in [2.45, 2.75) is 0 Å². The average Bonchev–Trinajstić information content (AvgIpc) is 3.19. The fraction of sp³-hybridized carbons (Fsp3) is 0. The van der Waals surface area contributed by atoms with Crippen molar-refractivity contribution in [1.29, 1.82) is 0 Å². The van der Waals surface area contributed by atoms with Crippen molar-refractivity contribution in [3.63, 3.8) is 0 Å². The largest absolute Gasteiger partial charge is 0.0984 e. The van der Waals surface area contributed by atoms with Gasteiger partial charge in [0, 0.05) is 0 Å². The van der Waals surface area contributed by atoms with Gasteiger partial charge >= 0.3 is 0 Å². The maximum absolute atomic E-state index is 4.33. The van der Waals surface area contributed by atoms with Gasteiger partial charge in [-0.2, -0.15) is 0 Å². The number of hydrogen-bond acceptors (Lipinski definition) is 0. The van der Waals surface area contributed by atoms with E-state index in [1.807, 2.05) is 12.2 Å². The third-order valence-electron chi connectivity index (χ3n) is 10.2. The Morgan fingerprint density at radius 3 is 1.34 bits per heavy atom. The van der Waals surface area contributed by atoms with E-state index in [4.69, 9.17) is 0 Å². The molecule has 0 heterocycles. The molecule has 0 heteroatoms. The summed E-state index contributed by atoms with van der Waals surface area (Å²) in [6, 6.07) is 61.7. The van der Waals surface area contributed by atoms with Gasteiger partial charge in [-0.05, 0) is 111 Å². The first-order valence-electron chi connectivity index (χ1n) is 17.2. The van der Waals surface area contributed by atoms with Crippen LogP contribution in [0.2, 0.25) is 0 Å². The summed E-state index contributed by atoms with van der Waals surface area (Å²) in [4.78, 5) is 0.